The molecule has 0 spiro atoms. The lowest BCUT2D eigenvalue weighted by atomic mass is 9.95. The smallest absolute Gasteiger partial charge is 0.272 e. The summed E-state index contributed by atoms with van der Waals surface area (Å²) >= 11 is 0. The third kappa shape index (κ3) is 7.40. The number of benzene rings is 1. The average molecular weight is 382 g/mol. The van der Waals surface area contributed by atoms with Crippen LogP contribution in [0.2, 0.25) is 0 Å². The zero-order valence-electron chi connectivity index (χ0n) is 15.7. The molecule has 6 nitrogen and oxygen atoms in total. The number of piperidine rings is 1. The van der Waals surface area contributed by atoms with Gasteiger partial charge in [-0.1, -0.05) is 12.1 Å². The van der Waals surface area contributed by atoms with Crippen LogP contribution in [0.5, 0.6) is 5.75 Å². The van der Waals surface area contributed by atoms with Crippen LogP contribution in [-0.2, 0) is 11.3 Å². The van der Waals surface area contributed by atoms with E-state index in [1.807, 2.05) is 13.0 Å². The van der Waals surface area contributed by atoms with E-state index in [0.29, 0.717) is 18.7 Å². The highest BCUT2D eigenvalue weighted by molar-refractivity contribution is 5.80. The van der Waals surface area contributed by atoms with Gasteiger partial charge in [-0.2, -0.15) is 0 Å². The number of nitrogens with zero attached hydrogens (tertiary/aromatic N) is 2. The molecule has 1 aliphatic rings. The number of carbonyl (C=O) groups excluding carboxylic acids is 1. The van der Waals surface area contributed by atoms with E-state index in [1.165, 1.54) is 0 Å². The molecule has 1 saturated heterocycles. The van der Waals surface area contributed by atoms with E-state index in [0.717, 1.165) is 44.0 Å². The first-order valence-corrected chi connectivity index (χ1v) is 9.29. The van der Waals surface area contributed by atoms with Gasteiger partial charge in [-0.3, -0.25) is 4.79 Å². The Labute approximate surface area is 158 Å². The minimum Gasteiger partial charge on any atom is -0.488 e. The number of ether oxygens (including phenoxy) is 1. The third-order valence-electron chi connectivity index (χ3n) is 4.33. The summed E-state index contributed by atoms with van der Waals surface area (Å²) < 4.78 is 29.6. The van der Waals surface area contributed by atoms with Crippen LogP contribution in [0.3, 0.4) is 0 Å². The van der Waals surface area contributed by atoms with E-state index in [2.05, 4.69) is 15.2 Å². The number of primary amides is 1. The van der Waals surface area contributed by atoms with Gasteiger partial charge in [0, 0.05) is 26.1 Å². The minimum absolute atomic E-state index is 0.242. The van der Waals surface area contributed by atoms with Crippen molar-refractivity contribution in [3.63, 3.8) is 0 Å². The molecule has 1 heterocycles. The molecule has 27 heavy (non-hydrogen) atoms. The molecule has 0 bridgehead atoms. The molecular formula is C19H28F2N4O2. The van der Waals surface area contributed by atoms with Gasteiger partial charge in [0.15, 0.2) is 5.96 Å². The van der Waals surface area contributed by atoms with Crippen molar-refractivity contribution in [2.45, 2.75) is 39.2 Å². The van der Waals surface area contributed by atoms with Gasteiger partial charge in [0.25, 0.3) is 6.43 Å². The van der Waals surface area contributed by atoms with Crippen LogP contribution in [0.25, 0.3) is 0 Å². The normalized spacial score (nSPS) is 17.9. The van der Waals surface area contributed by atoms with Crippen LogP contribution in [-0.4, -0.2) is 49.4 Å². The van der Waals surface area contributed by atoms with Crippen molar-refractivity contribution >= 4 is 11.9 Å². The van der Waals surface area contributed by atoms with Gasteiger partial charge in [0.05, 0.1) is 6.54 Å². The Bertz CT molecular complexity index is 640. The van der Waals surface area contributed by atoms with Crippen LogP contribution in [0.1, 0.15) is 31.7 Å². The highest BCUT2D eigenvalue weighted by atomic mass is 19.3. The van der Waals surface area contributed by atoms with Crippen molar-refractivity contribution in [3.8, 4) is 5.75 Å². The van der Waals surface area contributed by atoms with Crippen LogP contribution in [0.15, 0.2) is 29.3 Å². The molecule has 0 aliphatic carbocycles. The molecule has 2 rings (SSSR count). The first kappa shape index (κ1) is 20.9. The molecule has 150 valence electrons. The van der Waals surface area contributed by atoms with E-state index in [9.17, 15) is 13.6 Å². The van der Waals surface area contributed by atoms with E-state index in [1.54, 1.807) is 18.2 Å². The summed E-state index contributed by atoms with van der Waals surface area (Å²) in [6.45, 7) is 4.13. The van der Waals surface area contributed by atoms with E-state index < -0.39 is 13.0 Å². The standard InChI is InChI=1S/C19H28F2N4O2/c1-2-23-19(25-8-4-6-15(12-25)10-18(22)26)24-11-14-5-3-7-16(9-14)27-13-17(20)21/h3,5,7,9,15,17H,2,4,6,8,10-13H2,1H3,(H2,22,26)(H,23,24). The molecule has 1 aromatic carbocycles. The van der Waals surface area contributed by atoms with Crippen LogP contribution in [0.4, 0.5) is 8.78 Å². The van der Waals surface area contributed by atoms with Gasteiger partial charge in [-0.25, -0.2) is 13.8 Å². The molecule has 1 unspecified atom stereocenters. The largest absolute Gasteiger partial charge is 0.488 e. The summed E-state index contributed by atoms with van der Waals surface area (Å²) in [5.41, 5.74) is 6.21. The zero-order valence-corrected chi connectivity index (χ0v) is 15.7. The molecule has 1 atom stereocenters. The molecule has 0 aromatic heterocycles. The maximum absolute atomic E-state index is 12.3. The number of alkyl halides is 2. The maximum atomic E-state index is 12.3. The number of guanidine groups is 1. The van der Waals surface area contributed by atoms with Crippen molar-refractivity contribution in [3.05, 3.63) is 29.8 Å². The molecule has 0 saturated carbocycles. The van der Waals surface area contributed by atoms with Crippen LogP contribution in [0, 0.1) is 5.92 Å². The highest BCUT2D eigenvalue weighted by Gasteiger charge is 2.23. The van der Waals surface area contributed by atoms with Crippen molar-refractivity contribution in [1.82, 2.24) is 10.2 Å². The van der Waals surface area contributed by atoms with Gasteiger partial charge in [0.1, 0.15) is 12.4 Å². The predicted molar refractivity (Wildman–Crippen MR) is 101 cm³/mol. The number of rotatable bonds is 8. The molecule has 3 N–H and O–H groups in total. The Morgan fingerprint density at radius 2 is 2.30 bits per heavy atom. The lowest BCUT2D eigenvalue weighted by molar-refractivity contribution is -0.119. The number of aliphatic imine (C=N–C) groups is 1. The number of halogens is 2. The molecule has 1 aromatic rings. The molecule has 1 aliphatic heterocycles. The van der Waals surface area contributed by atoms with Crippen LogP contribution >= 0.6 is 0 Å². The number of amides is 1. The van der Waals surface area contributed by atoms with Gasteiger partial charge in [-0.05, 0) is 43.4 Å². The second-order valence-electron chi connectivity index (χ2n) is 6.64. The summed E-state index contributed by atoms with van der Waals surface area (Å²) in [5, 5.41) is 3.28. The average Bonchev–Trinajstić information content (AvgIpc) is 2.63. The predicted octanol–water partition coefficient (Wildman–Crippen LogP) is 2.38. The number of nitrogens with two attached hydrogens (primary N) is 1. The van der Waals surface area contributed by atoms with Crippen molar-refractivity contribution in [2.75, 3.05) is 26.2 Å². The zero-order chi connectivity index (χ0) is 19.6. The Balaban J connectivity index is 2.02. The quantitative estimate of drug-likeness (QED) is 0.534. The van der Waals surface area contributed by atoms with Crippen LogP contribution < -0.4 is 15.8 Å². The van der Waals surface area contributed by atoms with Gasteiger partial charge in [-0.15, -0.1) is 0 Å². The molecule has 1 fully saturated rings. The summed E-state index contributed by atoms with van der Waals surface area (Å²) in [5.74, 6) is 1.16. The van der Waals surface area contributed by atoms with Gasteiger partial charge in [0.2, 0.25) is 5.91 Å². The topological polar surface area (TPSA) is 80.0 Å². The fourth-order valence-electron chi connectivity index (χ4n) is 3.19. The maximum Gasteiger partial charge on any atom is 0.272 e. The number of nitrogens with one attached hydrogen (secondary N) is 1. The SMILES string of the molecule is CCNC(=NCc1cccc(OCC(F)F)c1)N1CCCC(CC(N)=O)C1. The van der Waals surface area contributed by atoms with Crippen molar-refractivity contribution in [2.24, 2.45) is 16.6 Å². The number of hydrogen-bond acceptors (Lipinski definition) is 3. The van der Waals surface area contributed by atoms with E-state index in [-0.39, 0.29) is 11.8 Å². The second kappa shape index (κ2) is 10.7. The Morgan fingerprint density at radius 3 is 3.00 bits per heavy atom. The van der Waals surface area contributed by atoms with Crippen molar-refractivity contribution < 1.29 is 18.3 Å². The highest BCUT2D eigenvalue weighted by Crippen LogP contribution is 2.20. The molecule has 8 heteroatoms. The van der Waals surface area contributed by atoms with Gasteiger partial charge >= 0.3 is 0 Å². The minimum atomic E-state index is -2.50. The third-order valence-corrected chi connectivity index (χ3v) is 4.33. The summed E-state index contributed by atoms with van der Waals surface area (Å²) in [6, 6.07) is 7.03. The number of carbonyl (C=O) groups is 1. The first-order valence-electron chi connectivity index (χ1n) is 9.29. The number of likely N-dealkylation sites (tertiary alicyclic amines) is 1. The second-order valence-corrected chi connectivity index (χ2v) is 6.64. The summed E-state index contributed by atoms with van der Waals surface area (Å²) in [7, 11) is 0. The molecule has 0 radical (unpaired) electrons. The lowest BCUT2D eigenvalue weighted by Gasteiger charge is -2.34. The molecular weight excluding hydrogens is 354 g/mol. The fraction of sp³-hybridized carbons (Fsp3) is 0.579. The first-order chi connectivity index (χ1) is 13.0. The Hall–Kier alpha value is -2.38. The Morgan fingerprint density at radius 1 is 1.48 bits per heavy atom. The molecule has 1 amide bonds. The summed E-state index contributed by atoms with van der Waals surface area (Å²) in [6.07, 6.45) is -0.138. The Kier molecular flexibility index (Phi) is 8.29. The number of hydrogen-bond donors (Lipinski definition) is 2. The van der Waals surface area contributed by atoms with Gasteiger partial charge < -0.3 is 20.7 Å². The lowest BCUT2D eigenvalue weighted by Crippen LogP contribution is -2.47. The van der Waals surface area contributed by atoms with Crippen molar-refractivity contribution in [1.29, 1.82) is 0 Å². The fourth-order valence-corrected chi connectivity index (χ4v) is 3.19. The van der Waals surface area contributed by atoms with E-state index in [4.69, 9.17) is 10.5 Å². The van der Waals surface area contributed by atoms with E-state index >= 15 is 0 Å². The summed E-state index contributed by atoms with van der Waals surface area (Å²) in [4.78, 5) is 18.0. The monoisotopic (exact) mass is 382 g/mol.